The lowest BCUT2D eigenvalue weighted by Gasteiger charge is -2.53. The maximum atomic E-state index is 11.8. The first-order chi connectivity index (χ1) is 11.5. The standard InChI is InChI=1S/C21H30O3/c1-3-20(23)24-19-9-8-18-17-6-4-13-12-14(22)5-7-15(13)16(17)10-11-21(18,19)2/h12,15-19H,3-11H2,1-2H3/t15?,16?,17?,18?,19?,21-/m0/s1. The third-order valence-electron chi connectivity index (χ3n) is 7.78. The summed E-state index contributed by atoms with van der Waals surface area (Å²) in [6.45, 7) is 4.26. The molecule has 5 unspecified atom stereocenters. The predicted molar refractivity (Wildman–Crippen MR) is 92.3 cm³/mol. The molecule has 3 saturated carbocycles. The van der Waals surface area contributed by atoms with Crippen LogP contribution >= 0.6 is 0 Å². The van der Waals surface area contributed by atoms with Gasteiger partial charge in [-0.05, 0) is 74.7 Å². The van der Waals surface area contributed by atoms with E-state index in [1.54, 1.807) is 0 Å². The number of esters is 1. The molecule has 0 N–H and O–H groups in total. The van der Waals surface area contributed by atoms with Crippen molar-refractivity contribution in [3.05, 3.63) is 11.6 Å². The second-order valence-electron chi connectivity index (χ2n) is 8.76. The molecule has 0 radical (unpaired) electrons. The maximum absolute atomic E-state index is 11.8. The predicted octanol–water partition coefficient (Wildman–Crippen LogP) is 4.45. The van der Waals surface area contributed by atoms with Crippen LogP contribution in [0.1, 0.15) is 71.6 Å². The van der Waals surface area contributed by atoms with Gasteiger partial charge in [-0.25, -0.2) is 0 Å². The molecule has 3 fully saturated rings. The van der Waals surface area contributed by atoms with Crippen LogP contribution in [0.25, 0.3) is 0 Å². The summed E-state index contributed by atoms with van der Waals surface area (Å²) >= 11 is 0. The molecule has 0 heterocycles. The van der Waals surface area contributed by atoms with Gasteiger partial charge in [0.2, 0.25) is 0 Å². The van der Waals surface area contributed by atoms with Crippen molar-refractivity contribution in [1.29, 1.82) is 0 Å². The fraction of sp³-hybridized carbons (Fsp3) is 0.810. The molecule has 0 aromatic heterocycles. The molecule has 4 aliphatic carbocycles. The monoisotopic (exact) mass is 330 g/mol. The number of ketones is 1. The van der Waals surface area contributed by atoms with Crippen molar-refractivity contribution in [2.24, 2.45) is 29.1 Å². The van der Waals surface area contributed by atoms with Gasteiger partial charge in [0.1, 0.15) is 6.10 Å². The van der Waals surface area contributed by atoms with Gasteiger partial charge in [0.15, 0.2) is 5.78 Å². The van der Waals surface area contributed by atoms with Crippen molar-refractivity contribution in [3.63, 3.8) is 0 Å². The largest absolute Gasteiger partial charge is 0.462 e. The Morgan fingerprint density at radius 3 is 2.79 bits per heavy atom. The molecule has 4 rings (SSSR count). The number of allylic oxidation sites excluding steroid dienone is 1. The lowest BCUT2D eigenvalue weighted by molar-refractivity contribution is -0.158. The summed E-state index contributed by atoms with van der Waals surface area (Å²) in [7, 11) is 0. The minimum Gasteiger partial charge on any atom is -0.462 e. The zero-order valence-electron chi connectivity index (χ0n) is 15.1. The SMILES string of the molecule is CCC(=O)OC1CCC2C3CCC4=CC(=O)CCC4C3CC[C@]12C. The van der Waals surface area contributed by atoms with Gasteiger partial charge in [-0.2, -0.15) is 0 Å². The fourth-order valence-corrected chi connectivity index (χ4v) is 6.57. The molecule has 3 heteroatoms. The second kappa shape index (κ2) is 6.00. The molecule has 0 amide bonds. The van der Waals surface area contributed by atoms with Gasteiger partial charge < -0.3 is 4.74 Å². The van der Waals surface area contributed by atoms with Crippen LogP contribution in [0, 0.1) is 29.1 Å². The average molecular weight is 330 g/mol. The van der Waals surface area contributed by atoms with Crippen molar-refractivity contribution < 1.29 is 14.3 Å². The zero-order chi connectivity index (χ0) is 16.9. The Kier molecular flexibility index (Phi) is 4.09. The van der Waals surface area contributed by atoms with Gasteiger partial charge in [-0.1, -0.05) is 19.4 Å². The highest BCUT2D eigenvalue weighted by Crippen LogP contribution is 2.62. The molecule has 24 heavy (non-hydrogen) atoms. The Hall–Kier alpha value is -1.12. The maximum Gasteiger partial charge on any atom is 0.305 e. The molecule has 0 spiro atoms. The Morgan fingerprint density at radius 1 is 1.17 bits per heavy atom. The van der Waals surface area contributed by atoms with Gasteiger partial charge in [-0.15, -0.1) is 0 Å². The van der Waals surface area contributed by atoms with E-state index in [1.807, 2.05) is 13.0 Å². The normalized spacial score (nSPS) is 44.2. The summed E-state index contributed by atoms with van der Waals surface area (Å²) in [5, 5.41) is 0. The van der Waals surface area contributed by atoms with Crippen molar-refractivity contribution in [2.75, 3.05) is 0 Å². The van der Waals surface area contributed by atoms with E-state index in [4.69, 9.17) is 4.74 Å². The Bertz CT molecular complexity index is 578. The summed E-state index contributed by atoms with van der Waals surface area (Å²) in [5.41, 5.74) is 1.63. The van der Waals surface area contributed by atoms with E-state index in [2.05, 4.69) is 6.92 Å². The van der Waals surface area contributed by atoms with Crippen LogP contribution in [-0.2, 0) is 14.3 Å². The van der Waals surface area contributed by atoms with Crippen molar-refractivity contribution >= 4 is 11.8 Å². The highest BCUT2D eigenvalue weighted by Gasteiger charge is 2.57. The Labute approximate surface area is 145 Å². The van der Waals surface area contributed by atoms with Crippen LogP contribution < -0.4 is 0 Å². The molecule has 0 saturated heterocycles. The topological polar surface area (TPSA) is 43.4 Å². The van der Waals surface area contributed by atoms with Crippen LogP contribution in [0.5, 0.6) is 0 Å². The summed E-state index contributed by atoms with van der Waals surface area (Å²) in [4.78, 5) is 23.6. The van der Waals surface area contributed by atoms with Crippen molar-refractivity contribution in [3.8, 4) is 0 Å². The minimum atomic E-state index is -0.0383. The van der Waals surface area contributed by atoms with Crippen LogP contribution in [0.4, 0.5) is 0 Å². The van der Waals surface area contributed by atoms with Gasteiger partial charge in [0, 0.05) is 18.3 Å². The van der Waals surface area contributed by atoms with E-state index in [0.29, 0.717) is 24.0 Å². The lowest BCUT2D eigenvalue weighted by atomic mass is 9.52. The number of hydrogen-bond donors (Lipinski definition) is 0. The first-order valence-corrected chi connectivity index (χ1v) is 9.95. The van der Waals surface area contributed by atoms with Crippen LogP contribution in [0.2, 0.25) is 0 Å². The fourth-order valence-electron chi connectivity index (χ4n) is 6.57. The van der Waals surface area contributed by atoms with Crippen molar-refractivity contribution in [2.45, 2.75) is 77.7 Å². The van der Waals surface area contributed by atoms with Gasteiger partial charge in [0.25, 0.3) is 0 Å². The molecule has 4 aliphatic rings. The molecule has 132 valence electrons. The quantitative estimate of drug-likeness (QED) is 0.703. The van der Waals surface area contributed by atoms with Gasteiger partial charge >= 0.3 is 5.97 Å². The van der Waals surface area contributed by atoms with E-state index < -0.39 is 0 Å². The Balaban J connectivity index is 1.54. The average Bonchev–Trinajstić information content (AvgIpc) is 2.90. The van der Waals surface area contributed by atoms with E-state index >= 15 is 0 Å². The highest BCUT2D eigenvalue weighted by molar-refractivity contribution is 5.91. The molecule has 3 nitrogen and oxygen atoms in total. The number of ether oxygens (including phenoxy) is 1. The zero-order valence-corrected chi connectivity index (χ0v) is 15.1. The molecular formula is C21H30O3. The molecular weight excluding hydrogens is 300 g/mol. The number of rotatable bonds is 2. The third-order valence-corrected chi connectivity index (χ3v) is 7.78. The Morgan fingerprint density at radius 2 is 2.00 bits per heavy atom. The highest BCUT2D eigenvalue weighted by atomic mass is 16.5. The first-order valence-electron chi connectivity index (χ1n) is 9.95. The number of carbonyl (C=O) groups excluding carboxylic acids is 2. The second-order valence-corrected chi connectivity index (χ2v) is 8.76. The minimum absolute atomic E-state index is 0.0383. The summed E-state index contributed by atoms with van der Waals surface area (Å²) in [6.07, 6.45) is 11.4. The number of carbonyl (C=O) groups is 2. The summed E-state index contributed by atoms with van der Waals surface area (Å²) in [6, 6.07) is 0. The molecule has 0 bridgehead atoms. The van der Waals surface area contributed by atoms with Gasteiger partial charge in [-0.3, -0.25) is 9.59 Å². The molecule has 0 aromatic carbocycles. The van der Waals surface area contributed by atoms with Crippen LogP contribution in [-0.4, -0.2) is 17.9 Å². The van der Waals surface area contributed by atoms with Crippen LogP contribution in [0.15, 0.2) is 11.6 Å². The molecule has 6 atom stereocenters. The number of fused-ring (bicyclic) bond motifs is 5. The summed E-state index contributed by atoms with van der Waals surface area (Å²) < 4.78 is 5.84. The van der Waals surface area contributed by atoms with Crippen LogP contribution in [0.3, 0.4) is 0 Å². The number of hydrogen-bond acceptors (Lipinski definition) is 3. The molecule has 0 aliphatic heterocycles. The van der Waals surface area contributed by atoms with E-state index in [9.17, 15) is 9.59 Å². The molecule has 0 aromatic rings. The third kappa shape index (κ3) is 2.46. The van der Waals surface area contributed by atoms with Crippen molar-refractivity contribution in [1.82, 2.24) is 0 Å². The van der Waals surface area contributed by atoms with E-state index in [0.717, 1.165) is 37.5 Å². The smallest absolute Gasteiger partial charge is 0.305 e. The summed E-state index contributed by atoms with van der Waals surface area (Å²) in [5.74, 6) is 3.19. The van der Waals surface area contributed by atoms with Gasteiger partial charge in [0.05, 0.1) is 0 Å². The first kappa shape index (κ1) is 16.4. The van der Waals surface area contributed by atoms with E-state index in [1.165, 1.54) is 31.3 Å². The lowest BCUT2D eigenvalue weighted by Crippen LogP contribution is -2.48. The van der Waals surface area contributed by atoms with E-state index in [-0.39, 0.29) is 17.5 Å².